The standard InChI is InChI=1S/C17H18N4O5/c1-11(10-20-12-4-2-3-5-13(12)26-17(20)25)18-14(22)8-9-21-16(24)7-6-15(23)19-21/h2-7,11H,8-10H2,1H3,(H,18,22)(H,19,23)/t11-/m1/s1. The van der Waals surface area contributed by atoms with Crippen LogP contribution in [0.4, 0.5) is 0 Å². The van der Waals surface area contributed by atoms with Crippen LogP contribution in [-0.4, -0.2) is 26.3 Å². The lowest BCUT2D eigenvalue weighted by molar-refractivity contribution is -0.122. The van der Waals surface area contributed by atoms with Gasteiger partial charge in [-0.2, -0.15) is 0 Å². The van der Waals surface area contributed by atoms with Crippen molar-refractivity contribution < 1.29 is 9.21 Å². The number of hydrogen-bond acceptors (Lipinski definition) is 5. The van der Waals surface area contributed by atoms with Gasteiger partial charge in [0.1, 0.15) is 0 Å². The Hall–Kier alpha value is -3.36. The number of para-hydroxylation sites is 2. The Bertz CT molecular complexity index is 1100. The largest absolute Gasteiger partial charge is 0.420 e. The molecule has 2 heterocycles. The second kappa shape index (κ2) is 7.26. The summed E-state index contributed by atoms with van der Waals surface area (Å²) in [6.45, 7) is 2.08. The van der Waals surface area contributed by atoms with E-state index in [0.29, 0.717) is 11.1 Å². The van der Waals surface area contributed by atoms with Gasteiger partial charge in [0.15, 0.2) is 5.58 Å². The number of H-pyrrole nitrogens is 1. The molecule has 0 aliphatic rings. The Morgan fingerprint density at radius 2 is 1.96 bits per heavy atom. The average Bonchev–Trinajstić information content (AvgIpc) is 2.91. The molecule has 3 rings (SSSR count). The number of fused-ring (bicyclic) bond motifs is 1. The molecular formula is C17H18N4O5. The van der Waals surface area contributed by atoms with E-state index in [4.69, 9.17) is 4.42 Å². The quantitative estimate of drug-likeness (QED) is 0.645. The number of carbonyl (C=O) groups is 1. The zero-order valence-electron chi connectivity index (χ0n) is 14.1. The molecule has 0 aliphatic carbocycles. The fourth-order valence-electron chi connectivity index (χ4n) is 2.70. The van der Waals surface area contributed by atoms with Gasteiger partial charge in [-0.15, -0.1) is 0 Å². The number of amides is 1. The molecule has 0 unspecified atom stereocenters. The Labute approximate surface area is 146 Å². The summed E-state index contributed by atoms with van der Waals surface area (Å²) in [6.07, 6.45) is 0.0191. The predicted octanol–water partition coefficient (Wildman–Crippen LogP) is 0.0395. The van der Waals surface area contributed by atoms with E-state index in [9.17, 15) is 19.2 Å². The van der Waals surface area contributed by atoms with Crippen LogP contribution in [-0.2, 0) is 17.9 Å². The molecule has 0 radical (unpaired) electrons. The maximum atomic E-state index is 12.1. The third-order valence-corrected chi connectivity index (χ3v) is 3.89. The fourth-order valence-corrected chi connectivity index (χ4v) is 2.70. The van der Waals surface area contributed by atoms with Crippen LogP contribution in [0.5, 0.6) is 0 Å². The normalized spacial score (nSPS) is 12.2. The molecule has 0 aliphatic heterocycles. The molecule has 1 atom stereocenters. The van der Waals surface area contributed by atoms with Crippen molar-refractivity contribution in [2.45, 2.75) is 32.5 Å². The monoisotopic (exact) mass is 358 g/mol. The van der Waals surface area contributed by atoms with Gasteiger partial charge in [0.25, 0.3) is 11.1 Å². The summed E-state index contributed by atoms with van der Waals surface area (Å²) in [5, 5.41) is 5.13. The number of rotatable bonds is 6. The third-order valence-electron chi connectivity index (χ3n) is 3.89. The summed E-state index contributed by atoms with van der Waals surface area (Å²) in [5.74, 6) is -0.782. The molecule has 26 heavy (non-hydrogen) atoms. The summed E-state index contributed by atoms with van der Waals surface area (Å²) in [6, 6.07) is 9.00. The molecule has 2 aromatic heterocycles. The molecule has 2 N–H and O–H groups in total. The average molecular weight is 358 g/mol. The molecule has 9 nitrogen and oxygen atoms in total. The SMILES string of the molecule is C[C@H](Cn1c(=O)oc2ccccc21)NC(=O)CCn1[nH]c(=O)ccc1=O. The van der Waals surface area contributed by atoms with Gasteiger partial charge in [-0.1, -0.05) is 12.1 Å². The number of carbonyl (C=O) groups excluding carboxylic acids is 1. The second-order valence-corrected chi connectivity index (χ2v) is 5.96. The molecule has 0 bridgehead atoms. The van der Waals surface area contributed by atoms with E-state index in [2.05, 4.69) is 10.4 Å². The van der Waals surface area contributed by atoms with Gasteiger partial charge in [-0.3, -0.25) is 24.0 Å². The van der Waals surface area contributed by atoms with Crippen LogP contribution in [0.25, 0.3) is 11.1 Å². The first-order chi connectivity index (χ1) is 12.4. The fraction of sp³-hybridized carbons (Fsp3) is 0.294. The minimum Gasteiger partial charge on any atom is -0.408 e. The Morgan fingerprint density at radius 3 is 2.77 bits per heavy atom. The Kier molecular flexibility index (Phi) is 4.87. The Balaban J connectivity index is 1.61. The number of aromatic amines is 1. The Morgan fingerprint density at radius 1 is 1.19 bits per heavy atom. The van der Waals surface area contributed by atoms with Crippen LogP contribution in [0.2, 0.25) is 0 Å². The van der Waals surface area contributed by atoms with E-state index in [1.54, 1.807) is 31.2 Å². The van der Waals surface area contributed by atoms with Gasteiger partial charge in [-0.25, -0.2) is 9.48 Å². The highest BCUT2D eigenvalue weighted by Gasteiger charge is 2.14. The first kappa shape index (κ1) is 17.5. The summed E-state index contributed by atoms with van der Waals surface area (Å²) in [4.78, 5) is 46.8. The number of hydrogen-bond donors (Lipinski definition) is 2. The van der Waals surface area contributed by atoms with Crippen LogP contribution in [0.3, 0.4) is 0 Å². The van der Waals surface area contributed by atoms with Gasteiger partial charge in [0, 0.05) is 31.1 Å². The highest BCUT2D eigenvalue weighted by molar-refractivity contribution is 5.76. The molecule has 9 heteroatoms. The maximum Gasteiger partial charge on any atom is 0.420 e. The molecule has 1 amide bonds. The number of oxazole rings is 1. The zero-order valence-corrected chi connectivity index (χ0v) is 14.1. The van der Waals surface area contributed by atoms with Crippen LogP contribution in [0, 0.1) is 0 Å². The molecular weight excluding hydrogens is 340 g/mol. The summed E-state index contributed by atoms with van der Waals surface area (Å²) in [5.41, 5.74) is 0.349. The van der Waals surface area contributed by atoms with Crippen molar-refractivity contribution in [2.75, 3.05) is 0 Å². The van der Waals surface area contributed by atoms with Crippen LogP contribution in [0.15, 0.2) is 55.2 Å². The summed E-state index contributed by atoms with van der Waals surface area (Å²) >= 11 is 0. The zero-order chi connectivity index (χ0) is 18.7. The lowest BCUT2D eigenvalue weighted by Gasteiger charge is -2.14. The number of aromatic nitrogens is 3. The topological polar surface area (TPSA) is 119 Å². The molecule has 136 valence electrons. The number of aryl methyl sites for hydroxylation is 1. The summed E-state index contributed by atoms with van der Waals surface area (Å²) < 4.78 is 7.70. The van der Waals surface area contributed by atoms with E-state index in [-0.39, 0.29) is 37.0 Å². The lowest BCUT2D eigenvalue weighted by atomic mass is 10.2. The molecule has 0 fully saturated rings. The van der Waals surface area contributed by atoms with E-state index >= 15 is 0 Å². The van der Waals surface area contributed by atoms with E-state index in [0.717, 1.165) is 16.8 Å². The lowest BCUT2D eigenvalue weighted by Crippen LogP contribution is -2.38. The van der Waals surface area contributed by atoms with Crippen LogP contribution in [0.1, 0.15) is 13.3 Å². The van der Waals surface area contributed by atoms with Crippen LogP contribution >= 0.6 is 0 Å². The smallest absolute Gasteiger partial charge is 0.408 e. The molecule has 1 aromatic carbocycles. The van der Waals surface area contributed by atoms with Crippen LogP contribution < -0.4 is 22.2 Å². The number of benzene rings is 1. The van der Waals surface area contributed by atoms with E-state index in [1.165, 1.54) is 4.57 Å². The van der Waals surface area contributed by atoms with E-state index in [1.807, 2.05) is 0 Å². The maximum absolute atomic E-state index is 12.1. The van der Waals surface area contributed by atoms with Crippen molar-refractivity contribution in [1.82, 2.24) is 19.7 Å². The van der Waals surface area contributed by atoms with Crippen molar-refractivity contribution in [3.8, 4) is 0 Å². The van der Waals surface area contributed by atoms with Crippen molar-refractivity contribution in [1.29, 1.82) is 0 Å². The molecule has 0 spiro atoms. The van der Waals surface area contributed by atoms with Crippen molar-refractivity contribution in [3.05, 3.63) is 67.7 Å². The van der Waals surface area contributed by atoms with Gasteiger partial charge >= 0.3 is 5.76 Å². The molecule has 3 aromatic rings. The third kappa shape index (κ3) is 3.82. The van der Waals surface area contributed by atoms with Gasteiger partial charge < -0.3 is 9.73 Å². The molecule has 0 saturated heterocycles. The minimum atomic E-state index is -0.485. The minimum absolute atomic E-state index is 0.0191. The first-order valence-corrected chi connectivity index (χ1v) is 8.12. The van der Waals surface area contributed by atoms with Gasteiger partial charge in [-0.05, 0) is 19.1 Å². The van der Waals surface area contributed by atoms with E-state index < -0.39 is 11.3 Å². The highest BCUT2D eigenvalue weighted by Crippen LogP contribution is 2.12. The van der Waals surface area contributed by atoms with Gasteiger partial charge in [0.2, 0.25) is 5.91 Å². The van der Waals surface area contributed by atoms with Crippen molar-refractivity contribution >= 4 is 17.0 Å². The second-order valence-electron chi connectivity index (χ2n) is 5.96. The first-order valence-electron chi connectivity index (χ1n) is 8.12. The van der Waals surface area contributed by atoms with Crippen molar-refractivity contribution in [2.24, 2.45) is 0 Å². The summed E-state index contributed by atoms with van der Waals surface area (Å²) in [7, 11) is 0. The molecule has 0 saturated carbocycles. The van der Waals surface area contributed by atoms with Crippen molar-refractivity contribution in [3.63, 3.8) is 0 Å². The predicted molar refractivity (Wildman–Crippen MR) is 94.0 cm³/mol. The number of nitrogens with zero attached hydrogens (tertiary/aromatic N) is 2. The number of nitrogens with one attached hydrogen (secondary N) is 2. The highest BCUT2D eigenvalue weighted by atomic mass is 16.4. The van der Waals surface area contributed by atoms with Gasteiger partial charge in [0.05, 0.1) is 12.1 Å².